The van der Waals surface area contributed by atoms with E-state index >= 15 is 0 Å². The quantitative estimate of drug-likeness (QED) is 0.607. The van der Waals surface area contributed by atoms with Crippen molar-refractivity contribution in [2.75, 3.05) is 19.8 Å². The molecule has 0 saturated heterocycles. The number of aliphatic carboxylic acids is 1. The van der Waals surface area contributed by atoms with Crippen LogP contribution in [0.1, 0.15) is 59.8 Å². The molecule has 19 heavy (non-hydrogen) atoms. The number of carboxylic acid groups (broad SMARTS) is 1. The van der Waals surface area contributed by atoms with E-state index in [2.05, 4.69) is 0 Å². The second kappa shape index (κ2) is 8.54. The lowest BCUT2D eigenvalue weighted by atomic mass is 9.79. The molecule has 0 aromatic carbocycles. The molecule has 0 atom stereocenters. The van der Waals surface area contributed by atoms with Gasteiger partial charge in [-0.1, -0.05) is 27.7 Å². The second-order valence-corrected chi connectivity index (χ2v) is 5.64. The number of aliphatic hydroxyl groups excluding tert-OH is 1. The van der Waals surface area contributed by atoms with Crippen LogP contribution in [0.5, 0.6) is 0 Å². The van der Waals surface area contributed by atoms with Gasteiger partial charge in [-0.15, -0.1) is 0 Å². The monoisotopic (exact) mass is 274 g/mol. The normalized spacial score (nSPS) is 12.7. The number of carboxylic acids is 1. The summed E-state index contributed by atoms with van der Waals surface area (Å²) >= 11 is 0. The molecular formula is C15H30O4. The van der Waals surface area contributed by atoms with Crippen LogP contribution in [0.2, 0.25) is 0 Å². The van der Waals surface area contributed by atoms with Crippen molar-refractivity contribution in [2.45, 2.75) is 59.8 Å². The summed E-state index contributed by atoms with van der Waals surface area (Å²) in [5, 5.41) is 18.5. The maximum Gasteiger partial charge on any atom is 0.303 e. The molecule has 114 valence electrons. The summed E-state index contributed by atoms with van der Waals surface area (Å²) in [6, 6.07) is 0. The van der Waals surface area contributed by atoms with Crippen molar-refractivity contribution in [1.29, 1.82) is 0 Å². The fourth-order valence-electron chi connectivity index (χ4n) is 2.28. The average molecular weight is 274 g/mol. The van der Waals surface area contributed by atoms with Crippen molar-refractivity contribution in [3.63, 3.8) is 0 Å². The van der Waals surface area contributed by atoms with Gasteiger partial charge in [-0.25, -0.2) is 0 Å². The van der Waals surface area contributed by atoms with Crippen LogP contribution in [-0.4, -0.2) is 36.0 Å². The van der Waals surface area contributed by atoms with Crippen molar-refractivity contribution >= 4 is 5.97 Å². The minimum Gasteiger partial charge on any atom is -0.481 e. The predicted octanol–water partition coefficient (Wildman–Crippen LogP) is 3.08. The summed E-state index contributed by atoms with van der Waals surface area (Å²) in [5.41, 5.74) is -0.467. The molecule has 2 N–H and O–H groups in total. The highest BCUT2D eigenvalue weighted by atomic mass is 16.5. The predicted molar refractivity (Wildman–Crippen MR) is 76.2 cm³/mol. The van der Waals surface area contributed by atoms with E-state index < -0.39 is 5.97 Å². The highest BCUT2D eigenvalue weighted by molar-refractivity contribution is 5.67. The van der Waals surface area contributed by atoms with E-state index in [0.717, 1.165) is 25.7 Å². The summed E-state index contributed by atoms with van der Waals surface area (Å²) in [7, 11) is 0. The van der Waals surface area contributed by atoms with E-state index in [9.17, 15) is 9.90 Å². The Morgan fingerprint density at radius 3 is 1.68 bits per heavy atom. The summed E-state index contributed by atoms with van der Waals surface area (Å²) in [6.07, 6.45) is 3.46. The molecule has 0 radical (unpaired) electrons. The zero-order valence-electron chi connectivity index (χ0n) is 12.9. The van der Waals surface area contributed by atoms with Gasteiger partial charge >= 0.3 is 5.97 Å². The fourth-order valence-corrected chi connectivity index (χ4v) is 2.28. The molecule has 0 saturated carbocycles. The topological polar surface area (TPSA) is 66.8 Å². The van der Waals surface area contributed by atoms with E-state index in [1.165, 1.54) is 0 Å². The number of carbonyl (C=O) groups is 1. The molecule has 0 aliphatic carbocycles. The van der Waals surface area contributed by atoms with Crippen molar-refractivity contribution in [3.8, 4) is 0 Å². The average Bonchev–Trinajstić information content (AvgIpc) is 2.42. The lowest BCUT2D eigenvalue weighted by Crippen LogP contribution is -2.34. The Labute approximate surface area is 117 Å². The fraction of sp³-hybridized carbons (Fsp3) is 0.933. The molecule has 4 nitrogen and oxygen atoms in total. The van der Waals surface area contributed by atoms with Gasteiger partial charge < -0.3 is 14.9 Å². The molecule has 4 heteroatoms. The molecule has 0 fully saturated rings. The molecule has 0 unspecified atom stereocenters. The first-order valence-corrected chi connectivity index (χ1v) is 7.33. The van der Waals surface area contributed by atoms with Crippen LogP contribution in [0.4, 0.5) is 0 Å². The Hall–Kier alpha value is -0.610. The van der Waals surface area contributed by atoms with Crippen LogP contribution in [0.25, 0.3) is 0 Å². The number of hydrogen-bond donors (Lipinski definition) is 2. The lowest BCUT2D eigenvalue weighted by Gasteiger charge is -2.34. The van der Waals surface area contributed by atoms with Crippen LogP contribution in [-0.2, 0) is 9.53 Å². The molecule has 0 aromatic heterocycles. The Morgan fingerprint density at radius 2 is 1.37 bits per heavy atom. The summed E-state index contributed by atoms with van der Waals surface area (Å²) in [4.78, 5) is 11.0. The first-order valence-electron chi connectivity index (χ1n) is 7.33. The molecule has 0 aliphatic rings. The van der Waals surface area contributed by atoms with Gasteiger partial charge in [0.2, 0.25) is 0 Å². The van der Waals surface area contributed by atoms with Gasteiger partial charge in [-0.05, 0) is 25.7 Å². The maximum absolute atomic E-state index is 11.0. The van der Waals surface area contributed by atoms with Crippen LogP contribution in [0.15, 0.2) is 0 Å². The van der Waals surface area contributed by atoms with Crippen molar-refractivity contribution in [2.24, 2.45) is 10.8 Å². The van der Waals surface area contributed by atoms with Crippen molar-refractivity contribution < 1.29 is 19.7 Å². The molecule has 0 bridgehead atoms. The Balaban J connectivity index is 4.52. The Morgan fingerprint density at radius 1 is 0.947 bits per heavy atom. The molecule has 0 spiro atoms. The minimum atomic E-state index is -0.772. The van der Waals surface area contributed by atoms with E-state index in [-0.39, 0.29) is 23.9 Å². The van der Waals surface area contributed by atoms with Gasteiger partial charge in [0.15, 0.2) is 0 Å². The molecule has 0 heterocycles. The van der Waals surface area contributed by atoms with Crippen LogP contribution < -0.4 is 0 Å². The van der Waals surface area contributed by atoms with Crippen molar-refractivity contribution in [3.05, 3.63) is 0 Å². The van der Waals surface area contributed by atoms with Gasteiger partial charge in [0.25, 0.3) is 0 Å². The largest absolute Gasteiger partial charge is 0.481 e. The molecule has 0 amide bonds. The number of ether oxygens (including phenoxy) is 1. The third kappa shape index (κ3) is 5.49. The third-order valence-corrected chi connectivity index (χ3v) is 4.68. The first-order chi connectivity index (χ1) is 8.93. The molecular weight excluding hydrogens is 244 g/mol. The van der Waals surface area contributed by atoms with E-state index in [1.807, 2.05) is 27.7 Å². The highest BCUT2D eigenvalue weighted by Gasteiger charge is 2.32. The van der Waals surface area contributed by atoms with Crippen LogP contribution in [0.3, 0.4) is 0 Å². The smallest absolute Gasteiger partial charge is 0.303 e. The molecule has 0 aromatic rings. The number of aliphatic hydroxyl groups is 1. The zero-order chi connectivity index (χ0) is 14.9. The summed E-state index contributed by atoms with van der Waals surface area (Å²) < 4.78 is 5.80. The van der Waals surface area contributed by atoms with Crippen molar-refractivity contribution in [1.82, 2.24) is 0 Å². The van der Waals surface area contributed by atoms with Gasteiger partial charge in [0.05, 0.1) is 26.2 Å². The number of rotatable bonds is 11. The van der Waals surface area contributed by atoms with Gasteiger partial charge in [-0.2, -0.15) is 0 Å². The van der Waals surface area contributed by atoms with E-state index in [0.29, 0.717) is 13.2 Å². The van der Waals surface area contributed by atoms with E-state index in [4.69, 9.17) is 9.84 Å². The Bertz CT molecular complexity index is 247. The summed E-state index contributed by atoms with van der Waals surface area (Å²) in [6.45, 7) is 9.18. The maximum atomic E-state index is 11.0. The summed E-state index contributed by atoms with van der Waals surface area (Å²) in [5.74, 6) is -0.772. The van der Waals surface area contributed by atoms with Gasteiger partial charge in [-0.3, -0.25) is 4.79 Å². The Kier molecular flexibility index (Phi) is 8.26. The molecule has 0 rings (SSSR count). The highest BCUT2D eigenvalue weighted by Crippen LogP contribution is 2.33. The second-order valence-electron chi connectivity index (χ2n) is 5.64. The zero-order valence-corrected chi connectivity index (χ0v) is 12.9. The first kappa shape index (κ1) is 18.4. The van der Waals surface area contributed by atoms with Crippen LogP contribution in [0, 0.1) is 10.8 Å². The van der Waals surface area contributed by atoms with Crippen LogP contribution >= 0.6 is 0 Å². The third-order valence-electron chi connectivity index (χ3n) is 4.68. The SMILES string of the molecule is CCC(CC)(CO)COCC(CC)(CC)CC(=O)O. The van der Waals surface area contributed by atoms with E-state index in [1.54, 1.807) is 0 Å². The number of hydrogen-bond acceptors (Lipinski definition) is 3. The minimum absolute atomic E-state index is 0.115. The molecule has 0 aliphatic heterocycles. The lowest BCUT2D eigenvalue weighted by molar-refractivity contribution is -0.141. The van der Waals surface area contributed by atoms with Gasteiger partial charge in [0, 0.05) is 10.8 Å². The van der Waals surface area contributed by atoms with Gasteiger partial charge in [0.1, 0.15) is 0 Å². The standard InChI is InChI=1S/C15H30O4/c1-5-14(6-2,9-13(17)18)11-19-12-15(7-3,8-4)10-16/h16H,5-12H2,1-4H3,(H,17,18).